The Morgan fingerprint density at radius 3 is 2.31 bits per heavy atom. The fraction of sp³-hybridized carbons (Fsp3) is 0.292. The van der Waals surface area contributed by atoms with Crippen LogP contribution in [0.2, 0.25) is 0 Å². The molecule has 0 aliphatic heterocycles. The van der Waals surface area contributed by atoms with E-state index in [1.54, 1.807) is 48.5 Å². The molecule has 170 valence electrons. The Morgan fingerprint density at radius 2 is 1.72 bits per heavy atom. The van der Waals surface area contributed by atoms with Gasteiger partial charge in [0, 0.05) is 12.1 Å². The molecule has 0 bridgehead atoms. The molecule has 8 heteroatoms. The third kappa shape index (κ3) is 5.70. The second-order valence-corrected chi connectivity index (χ2v) is 9.29. The molecule has 3 aromatic rings. The maximum atomic E-state index is 13.3. The van der Waals surface area contributed by atoms with Gasteiger partial charge in [0.15, 0.2) is 9.84 Å². The number of amides is 1. The van der Waals surface area contributed by atoms with Crippen molar-refractivity contribution in [2.45, 2.75) is 29.9 Å². The van der Waals surface area contributed by atoms with E-state index in [1.165, 1.54) is 25.5 Å². The fourth-order valence-electron chi connectivity index (χ4n) is 3.09. The molecule has 1 N–H and O–H groups in total. The number of carbonyl (C=O) groups excluding carboxylic acids is 1. The highest BCUT2D eigenvalue weighted by Crippen LogP contribution is 2.30. The second kappa shape index (κ2) is 10.9. The lowest BCUT2D eigenvalue weighted by molar-refractivity contribution is 0.0953. The molecule has 1 aromatic heterocycles. The molecule has 3 rings (SSSR count). The average Bonchev–Trinajstić information content (AvgIpc) is 3.34. The molecule has 1 atom stereocenters. The molecule has 0 aliphatic rings. The number of ether oxygens (including phenoxy) is 2. The Balaban J connectivity index is 1.73. The lowest BCUT2D eigenvalue weighted by Crippen LogP contribution is -2.31. The van der Waals surface area contributed by atoms with E-state index in [1.807, 2.05) is 0 Å². The zero-order chi connectivity index (χ0) is 23.0. The molecule has 32 heavy (non-hydrogen) atoms. The number of rotatable bonds is 11. The topological polar surface area (TPSA) is 94.8 Å². The van der Waals surface area contributed by atoms with Crippen LogP contribution in [0.4, 0.5) is 0 Å². The minimum atomic E-state index is -3.83. The summed E-state index contributed by atoms with van der Waals surface area (Å²) in [5, 5.41) is 1.64. The SMILES string of the molecule is CCCCOc1ccc(C(=O)NC[C@H](c2ccco2)S(=O)(=O)c2ccc(OC)cc2)cc1. The summed E-state index contributed by atoms with van der Waals surface area (Å²) >= 11 is 0. The molecule has 0 fully saturated rings. The Morgan fingerprint density at radius 1 is 1.03 bits per heavy atom. The van der Waals surface area contributed by atoms with Crippen LogP contribution in [0.5, 0.6) is 11.5 Å². The van der Waals surface area contributed by atoms with Crippen molar-refractivity contribution in [1.82, 2.24) is 5.32 Å². The van der Waals surface area contributed by atoms with Crippen LogP contribution in [0.15, 0.2) is 76.2 Å². The molecule has 0 saturated carbocycles. The summed E-state index contributed by atoms with van der Waals surface area (Å²) in [7, 11) is -2.32. The van der Waals surface area contributed by atoms with Gasteiger partial charge in [0.1, 0.15) is 22.5 Å². The van der Waals surface area contributed by atoms with Gasteiger partial charge in [-0.3, -0.25) is 4.79 Å². The molecule has 7 nitrogen and oxygen atoms in total. The lowest BCUT2D eigenvalue weighted by atomic mass is 10.2. The van der Waals surface area contributed by atoms with Crippen molar-refractivity contribution in [3.8, 4) is 11.5 Å². The Bertz CT molecular complexity index is 1090. The molecular formula is C24H27NO6S. The standard InChI is InChI=1S/C24H27NO6S/c1-3-4-15-30-20-9-7-18(8-10-20)24(26)25-17-23(22-6-5-16-31-22)32(27,28)21-13-11-19(29-2)12-14-21/h5-14,16,23H,3-4,15,17H2,1-2H3,(H,25,26)/t23-/m1/s1. The number of furan rings is 1. The molecule has 0 saturated heterocycles. The first-order valence-corrected chi connectivity index (χ1v) is 11.9. The third-order valence-electron chi connectivity index (χ3n) is 4.95. The monoisotopic (exact) mass is 457 g/mol. The highest BCUT2D eigenvalue weighted by molar-refractivity contribution is 7.91. The predicted octanol–water partition coefficient (Wildman–Crippen LogP) is 4.41. The first kappa shape index (κ1) is 23.4. The van der Waals surface area contributed by atoms with Gasteiger partial charge in [0.05, 0.1) is 24.9 Å². The molecular weight excluding hydrogens is 430 g/mol. The zero-order valence-corrected chi connectivity index (χ0v) is 18.9. The third-order valence-corrected chi connectivity index (χ3v) is 7.03. The smallest absolute Gasteiger partial charge is 0.251 e. The summed E-state index contributed by atoms with van der Waals surface area (Å²) in [6.07, 6.45) is 3.40. The number of hydrogen-bond donors (Lipinski definition) is 1. The van der Waals surface area contributed by atoms with E-state index >= 15 is 0 Å². The van der Waals surface area contributed by atoms with Gasteiger partial charge >= 0.3 is 0 Å². The van der Waals surface area contributed by atoms with Gasteiger partial charge in [-0.05, 0) is 67.1 Å². The predicted molar refractivity (Wildman–Crippen MR) is 121 cm³/mol. The van der Waals surface area contributed by atoms with Gasteiger partial charge in [0.25, 0.3) is 5.91 Å². The molecule has 1 heterocycles. The second-order valence-electron chi connectivity index (χ2n) is 7.16. The quantitative estimate of drug-likeness (QED) is 0.429. The summed E-state index contributed by atoms with van der Waals surface area (Å²) in [5.41, 5.74) is 0.410. The summed E-state index contributed by atoms with van der Waals surface area (Å²) < 4.78 is 42.6. The largest absolute Gasteiger partial charge is 0.497 e. The maximum Gasteiger partial charge on any atom is 0.251 e. The van der Waals surface area contributed by atoms with Gasteiger partial charge in [-0.25, -0.2) is 8.42 Å². The van der Waals surface area contributed by atoms with Crippen molar-refractivity contribution in [2.75, 3.05) is 20.3 Å². The molecule has 0 unspecified atom stereocenters. The van der Waals surface area contributed by atoms with Crippen molar-refractivity contribution >= 4 is 15.7 Å². The van der Waals surface area contributed by atoms with Crippen LogP contribution in [0.1, 0.15) is 41.1 Å². The van der Waals surface area contributed by atoms with Crippen molar-refractivity contribution in [2.24, 2.45) is 0 Å². The van der Waals surface area contributed by atoms with Gasteiger partial charge in [-0.15, -0.1) is 0 Å². The summed E-state index contributed by atoms with van der Waals surface area (Å²) in [6.45, 7) is 2.56. The minimum absolute atomic E-state index is 0.113. The fourth-order valence-corrected chi connectivity index (χ4v) is 4.68. The van der Waals surface area contributed by atoms with Crippen molar-refractivity contribution in [3.63, 3.8) is 0 Å². The maximum absolute atomic E-state index is 13.3. The Hall–Kier alpha value is -3.26. The highest BCUT2D eigenvalue weighted by Gasteiger charge is 2.32. The first-order chi connectivity index (χ1) is 15.5. The summed E-state index contributed by atoms with van der Waals surface area (Å²) in [4.78, 5) is 12.8. The van der Waals surface area contributed by atoms with Gasteiger partial charge in [-0.2, -0.15) is 0 Å². The lowest BCUT2D eigenvalue weighted by Gasteiger charge is -2.17. The summed E-state index contributed by atoms with van der Waals surface area (Å²) in [6, 6.07) is 16.1. The van der Waals surface area contributed by atoms with Crippen LogP contribution in [0.3, 0.4) is 0 Å². The Labute approximate surface area is 188 Å². The number of nitrogens with one attached hydrogen (secondary N) is 1. The zero-order valence-electron chi connectivity index (χ0n) is 18.1. The number of hydrogen-bond acceptors (Lipinski definition) is 6. The van der Waals surface area contributed by atoms with E-state index in [4.69, 9.17) is 13.9 Å². The van der Waals surface area contributed by atoms with E-state index in [9.17, 15) is 13.2 Å². The molecule has 0 radical (unpaired) electrons. The van der Waals surface area contributed by atoms with E-state index in [0.717, 1.165) is 12.8 Å². The van der Waals surface area contributed by atoms with Crippen molar-refractivity contribution < 1.29 is 27.1 Å². The van der Waals surface area contributed by atoms with Crippen LogP contribution in [0, 0.1) is 0 Å². The number of benzene rings is 2. The normalized spacial score (nSPS) is 12.2. The minimum Gasteiger partial charge on any atom is -0.497 e. The Kier molecular flexibility index (Phi) is 7.94. The van der Waals surface area contributed by atoms with Crippen molar-refractivity contribution in [1.29, 1.82) is 0 Å². The van der Waals surface area contributed by atoms with Gasteiger partial charge in [-0.1, -0.05) is 13.3 Å². The van der Waals surface area contributed by atoms with Crippen molar-refractivity contribution in [3.05, 3.63) is 78.3 Å². The van der Waals surface area contributed by atoms with Crippen LogP contribution < -0.4 is 14.8 Å². The van der Waals surface area contributed by atoms with Crippen LogP contribution in [-0.2, 0) is 9.84 Å². The molecule has 1 amide bonds. The molecule has 0 aliphatic carbocycles. The van der Waals surface area contributed by atoms with E-state index in [-0.39, 0.29) is 23.1 Å². The average molecular weight is 458 g/mol. The van der Waals surface area contributed by atoms with E-state index < -0.39 is 15.1 Å². The summed E-state index contributed by atoms with van der Waals surface area (Å²) in [5.74, 6) is 1.10. The first-order valence-electron chi connectivity index (χ1n) is 10.4. The van der Waals surface area contributed by atoms with Gasteiger partial charge in [0.2, 0.25) is 0 Å². The van der Waals surface area contributed by atoms with Crippen LogP contribution >= 0.6 is 0 Å². The van der Waals surface area contributed by atoms with Crippen LogP contribution in [0.25, 0.3) is 0 Å². The van der Waals surface area contributed by atoms with Crippen LogP contribution in [-0.4, -0.2) is 34.6 Å². The highest BCUT2D eigenvalue weighted by atomic mass is 32.2. The molecule has 2 aromatic carbocycles. The number of unbranched alkanes of at least 4 members (excludes halogenated alkanes) is 1. The van der Waals surface area contributed by atoms with E-state index in [2.05, 4.69) is 12.2 Å². The number of methoxy groups -OCH3 is 1. The molecule has 0 spiro atoms. The number of sulfone groups is 1. The van der Waals surface area contributed by atoms with E-state index in [0.29, 0.717) is 23.7 Å². The van der Waals surface area contributed by atoms with Gasteiger partial charge < -0.3 is 19.2 Å². The number of carbonyl (C=O) groups is 1.